The lowest BCUT2D eigenvalue weighted by atomic mass is 10.1. The molecule has 1 aliphatic carbocycles. The second-order valence-corrected chi connectivity index (χ2v) is 7.74. The van der Waals surface area contributed by atoms with Crippen molar-refractivity contribution in [2.24, 2.45) is 0 Å². The van der Waals surface area contributed by atoms with Crippen molar-refractivity contribution >= 4 is 17.2 Å². The Labute approximate surface area is 152 Å². The van der Waals surface area contributed by atoms with Gasteiger partial charge in [0.2, 0.25) is 0 Å². The number of carbonyl (C=O) groups excluding carboxylic acids is 1. The molecular formula is C20H23NO3S. The van der Waals surface area contributed by atoms with E-state index in [0.717, 1.165) is 41.2 Å². The van der Waals surface area contributed by atoms with Gasteiger partial charge in [0.1, 0.15) is 13.2 Å². The van der Waals surface area contributed by atoms with E-state index in [9.17, 15) is 4.79 Å². The zero-order valence-corrected chi connectivity index (χ0v) is 15.1. The summed E-state index contributed by atoms with van der Waals surface area (Å²) in [6, 6.07) is 8.09. The van der Waals surface area contributed by atoms with Gasteiger partial charge in [-0.25, -0.2) is 0 Å². The third-order valence-corrected chi connectivity index (χ3v) is 6.01. The van der Waals surface area contributed by atoms with Gasteiger partial charge in [0.15, 0.2) is 11.5 Å². The van der Waals surface area contributed by atoms with E-state index in [1.165, 1.54) is 29.7 Å². The summed E-state index contributed by atoms with van der Waals surface area (Å²) in [6.45, 7) is 1.82. The van der Waals surface area contributed by atoms with Gasteiger partial charge in [0.25, 0.3) is 5.91 Å². The van der Waals surface area contributed by atoms with Crippen molar-refractivity contribution in [1.29, 1.82) is 0 Å². The van der Waals surface area contributed by atoms with Crippen molar-refractivity contribution in [2.75, 3.05) is 19.8 Å². The second-order valence-electron chi connectivity index (χ2n) is 6.60. The summed E-state index contributed by atoms with van der Waals surface area (Å²) in [5.41, 5.74) is 2.53. The third-order valence-electron chi connectivity index (χ3n) is 4.78. The van der Waals surface area contributed by atoms with Gasteiger partial charge in [-0.3, -0.25) is 4.79 Å². The van der Waals surface area contributed by atoms with Crippen molar-refractivity contribution in [3.05, 3.63) is 45.1 Å². The number of hydrogen-bond donors (Lipinski definition) is 1. The summed E-state index contributed by atoms with van der Waals surface area (Å²) in [7, 11) is 0. The van der Waals surface area contributed by atoms with Crippen molar-refractivity contribution in [3.63, 3.8) is 0 Å². The molecule has 0 atom stereocenters. The number of amides is 1. The van der Waals surface area contributed by atoms with Crippen LogP contribution in [0.25, 0.3) is 0 Å². The predicted molar refractivity (Wildman–Crippen MR) is 99.0 cm³/mol. The summed E-state index contributed by atoms with van der Waals surface area (Å²) in [5, 5.41) is 3.05. The van der Waals surface area contributed by atoms with Crippen molar-refractivity contribution in [3.8, 4) is 11.5 Å². The minimum atomic E-state index is 0.0515. The van der Waals surface area contributed by atoms with Crippen molar-refractivity contribution in [2.45, 2.75) is 38.5 Å². The molecule has 2 aromatic rings. The minimum Gasteiger partial charge on any atom is -0.486 e. The van der Waals surface area contributed by atoms with Crippen LogP contribution in [0, 0.1) is 0 Å². The quantitative estimate of drug-likeness (QED) is 0.848. The molecule has 1 N–H and O–H groups in total. The molecule has 25 heavy (non-hydrogen) atoms. The molecule has 2 heterocycles. The first kappa shape index (κ1) is 16.5. The minimum absolute atomic E-state index is 0.0515. The van der Waals surface area contributed by atoms with Crippen LogP contribution in [0.1, 0.15) is 44.9 Å². The molecule has 1 amide bonds. The Hall–Kier alpha value is -2.01. The molecule has 0 fully saturated rings. The first-order chi connectivity index (χ1) is 12.3. The summed E-state index contributed by atoms with van der Waals surface area (Å²) < 4.78 is 11.1. The van der Waals surface area contributed by atoms with Gasteiger partial charge in [-0.2, -0.15) is 0 Å². The Morgan fingerprint density at radius 3 is 2.80 bits per heavy atom. The molecule has 0 bridgehead atoms. The Morgan fingerprint density at radius 2 is 1.88 bits per heavy atom. The predicted octanol–water partition coefficient (Wildman–Crippen LogP) is 3.76. The molecule has 2 aliphatic rings. The number of fused-ring (bicyclic) bond motifs is 2. The summed E-state index contributed by atoms with van der Waals surface area (Å²) in [5.74, 6) is 1.66. The van der Waals surface area contributed by atoms with Gasteiger partial charge < -0.3 is 14.8 Å². The van der Waals surface area contributed by atoms with Crippen LogP contribution in [-0.2, 0) is 19.3 Å². The lowest BCUT2D eigenvalue weighted by Crippen LogP contribution is -2.25. The molecule has 1 aliphatic heterocycles. The van der Waals surface area contributed by atoms with Crippen molar-refractivity contribution in [1.82, 2.24) is 5.32 Å². The van der Waals surface area contributed by atoms with Crippen LogP contribution < -0.4 is 14.8 Å². The van der Waals surface area contributed by atoms with Gasteiger partial charge in [0.05, 0.1) is 4.88 Å². The van der Waals surface area contributed by atoms with Gasteiger partial charge in [0, 0.05) is 11.4 Å². The third kappa shape index (κ3) is 3.82. The number of rotatable bonds is 4. The zero-order valence-electron chi connectivity index (χ0n) is 14.3. The Kier molecular flexibility index (Phi) is 4.92. The van der Waals surface area contributed by atoms with E-state index in [4.69, 9.17) is 9.47 Å². The van der Waals surface area contributed by atoms with E-state index in [-0.39, 0.29) is 5.91 Å². The summed E-state index contributed by atoms with van der Waals surface area (Å²) >= 11 is 1.67. The first-order valence-electron chi connectivity index (χ1n) is 9.08. The lowest BCUT2D eigenvalue weighted by Gasteiger charge is -2.18. The average molecular weight is 357 g/mol. The molecular weight excluding hydrogens is 334 g/mol. The normalized spacial score (nSPS) is 16.0. The standard InChI is InChI=1S/C20H23NO3S/c22-20(19-13-15-4-2-1-3-5-18(15)25-19)21-9-8-14-6-7-16-17(12-14)24-11-10-23-16/h6-7,12-13H,1-5,8-11H2,(H,21,22). The van der Waals surface area contributed by atoms with Crippen LogP contribution in [0.4, 0.5) is 0 Å². The van der Waals surface area contributed by atoms with Gasteiger partial charge in [-0.15, -0.1) is 11.3 Å². The molecule has 1 aromatic carbocycles. The highest BCUT2D eigenvalue weighted by atomic mass is 32.1. The van der Waals surface area contributed by atoms with Crippen LogP contribution in [0.2, 0.25) is 0 Å². The Balaban J connectivity index is 1.33. The lowest BCUT2D eigenvalue weighted by molar-refractivity contribution is 0.0958. The molecule has 0 unspecified atom stereocenters. The highest BCUT2D eigenvalue weighted by Crippen LogP contribution is 2.31. The SMILES string of the molecule is O=C(NCCc1ccc2c(c1)OCCO2)c1cc2c(s1)CCCCC2. The van der Waals surface area contributed by atoms with Crippen LogP contribution in [0.15, 0.2) is 24.3 Å². The summed E-state index contributed by atoms with van der Waals surface area (Å²) in [4.78, 5) is 14.7. The van der Waals surface area contributed by atoms with Gasteiger partial charge >= 0.3 is 0 Å². The van der Waals surface area contributed by atoms with Crippen LogP contribution in [0.5, 0.6) is 11.5 Å². The van der Waals surface area contributed by atoms with E-state index in [2.05, 4.69) is 11.4 Å². The molecule has 4 rings (SSSR count). The van der Waals surface area contributed by atoms with Gasteiger partial charge in [-0.05, 0) is 61.4 Å². The van der Waals surface area contributed by atoms with Crippen LogP contribution in [-0.4, -0.2) is 25.7 Å². The molecule has 0 radical (unpaired) electrons. The van der Waals surface area contributed by atoms with E-state index < -0.39 is 0 Å². The molecule has 1 aromatic heterocycles. The fraction of sp³-hybridized carbons (Fsp3) is 0.450. The smallest absolute Gasteiger partial charge is 0.261 e. The number of ether oxygens (including phenoxy) is 2. The molecule has 0 saturated carbocycles. The zero-order chi connectivity index (χ0) is 17.1. The maximum absolute atomic E-state index is 12.4. The Bertz CT molecular complexity index is 745. The summed E-state index contributed by atoms with van der Waals surface area (Å²) in [6.07, 6.45) is 6.83. The Morgan fingerprint density at radius 1 is 1.04 bits per heavy atom. The monoisotopic (exact) mass is 357 g/mol. The number of aryl methyl sites for hydroxylation is 2. The van der Waals surface area contributed by atoms with Crippen molar-refractivity contribution < 1.29 is 14.3 Å². The van der Waals surface area contributed by atoms with E-state index in [0.29, 0.717) is 19.8 Å². The molecule has 0 spiro atoms. The number of hydrogen-bond acceptors (Lipinski definition) is 4. The first-order valence-corrected chi connectivity index (χ1v) is 9.89. The molecule has 5 heteroatoms. The highest BCUT2D eigenvalue weighted by Gasteiger charge is 2.16. The maximum atomic E-state index is 12.4. The molecule has 4 nitrogen and oxygen atoms in total. The van der Waals surface area contributed by atoms with E-state index in [1.807, 2.05) is 18.2 Å². The largest absolute Gasteiger partial charge is 0.486 e. The number of thiophene rings is 1. The second kappa shape index (κ2) is 7.48. The molecule has 0 saturated heterocycles. The highest BCUT2D eigenvalue weighted by molar-refractivity contribution is 7.14. The maximum Gasteiger partial charge on any atom is 0.261 e. The number of carbonyl (C=O) groups is 1. The van der Waals surface area contributed by atoms with Gasteiger partial charge in [-0.1, -0.05) is 12.5 Å². The van der Waals surface area contributed by atoms with Crippen LogP contribution >= 0.6 is 11.3 Å². The number of nitrogens with one attached hydrogen (secondary N) is 1. The topological polar surface area (TPSA) is 47.6 Å². The number of benzene rings is 1. The van der Waals surface area contributed by atoms with E-state index >= 15 is 0 Å². The molecule has 132 valence electrons. The fourth-order valence-electron chi connectivity index (χ4n) is 3.43. The average Bonchev–Trinajstić information content (AvgIpc) is 2.92. The van der Waals surface area contributed by atoms with E-state index in [1.54, 1.807) is 11.3 Å². The van der Waals surface area contributed by atoms with Crippen LogP contribution in [0.3, 0.4) is 0 Å². The fourth-order valence-corrected chi connectivity index (χ4v) is 4.60.